The van der Waals surface area contributed by atoms with E-state index in [1.165, 1.54) is 6.66 Å². The molecule has 1 aromatic rings. The summed E-state index contributed by atoms with van der Waals surface area (Å²) in [5.41, 5.74) is 1.01. The molecule has 1 N–H and O–H groups in total. The Labute approximate surface area is 120 Å². The van der Waals surface area contributed by atoms with E-state index < -0.39 is 19.5 Å². The average molecular weight is 299 g/mol. The first-order valence-electron chi connectivity index (χ1n) is 6.51. The van der Waals surface area contributed by atoms with Crippen LogP contribution in [0.5, 0.6) is 5.75 Å². The van der Waals surface area contributed by atoms with Gasteiger partial charge in [-0.15, -0.1) is 0 Å². The number of esters is 1. The Morgan fingerprint density at radius 2 is 1.95 bits per heavy atom. The van der Waals surface area contributed by atoms with Crippen LogP contribution in [-0.2, 0) is 14.1 Å². The highest BCUT2D eigenvalue weighted by atomic mass is 31.2. The first kappa shape index (κ1) is 16.7. The molecule has 20 heavy (non-hydrogen) atoms. The lowest BCUT2D eigenvalue weighted by atomic mass is 10.2. The molecule has 112 valence electrons. The third kappa shape index (κ3) is 5.76. The smallest absolute Gasteiger partial charge is 0.323 e. The van der Waals surface area contributed by atoms with Gasteiger partial charge in [0.1, 0.15) is 11.8 Å². The van der Waals surface area contributed by atoms with Crippen LogP contribution in [0.25, 0.3) is 0 Å². The molecule has 0 radical (unpaired) electrons. The zero-order valence-electron chi connectivity index (χ0n) is 12.5. The van der Waals surface area contributed by atoms with Crippen LogP contribution in [0.15, 0.2) is 24.3 Å². The number of ether oxygens (including phenoxy) is 1. The van der Waals surface area contributed by atoms with E-state index in [0.29, 0.717) is 5.75 Å². The summed E-state index contributed by atoms with van der Waals surface area (Å²) in [5.74, 6) is 0.0580. The van der Waals surface area contributed by atoms with Gasteiger partial charge >= 0.3 is 13.5 Å². The molecule has 0 bridgehead atoms. The Morgan fingerprint density at radius 3 is 2.50 bits per heavy atom. The SMILES string of the molecule is Cc1cccc(OP(C)(=O)N[C@@H](C)C(=O)OC(C)C)c1. The minimum Gasteiger partial charge on any atom is -0.462 e. The maximum absolute atomic E-state index is 12.4. The minimum absolute atomic E-state index is 0.208. The Hall–Kier alpha value is -1.32. The molecule has 6 heteroatoms. The van der Waals surface area contributed by atoms with Gasteiger partial charge in [0.25, 0.3) is 0 Å². The van der Waals surface area contributed by atoms with Crippen molar-refractivity contribution in [1.29, 1.82) is 0 Å². The van der Waals surface area contributed by atoms with Crippen LogP contribution in [0.1, 0.15) is 26.3 Å². The van der Waals surface area contributed by atoms with Gasteiger partial charge in [0.05, 0.1) is 6.10 Å². The third-order valence-electron chi connectivity index (χ3n) is 2.40. The second-order valence-electron chi connectivity index (χ2n) is 5.09. The highest BCUT2D eigenvalue weighted by molar-refractivity contribution is 7.56. The zero-order valence-corrected chi connectivity index (χ0v) is 13.4. The number of rotatable bonds is 6. The van der Waals surface area contributed by atoms with Gasteiger partial charge in [-0.3, -0.25) is 9.36 Å². The summed E-state index contributed by atoms with van der Waals surface area (Å²) >= 11 is 0. The molecule has 1 unspecified atom stereocenters. The zero-order chi connectivity index (χ0) is 15.3. The summed E-state index contributed by atoms with van der Waals surface area (Å²) in [6, 6.07) is 6.56. The average Bonchev–Trinajstić information content (AvgIpc) is 2.26. The Balaban J connectivity index is 2.65. The molecule has 0 aliphatic heterocycles. The van der Waals surface area contributed by atoms with Crippen LogP contribution < -0.4 is 9.61 Å². The van der Waals surface area contributed by atoms with E-state index in [1.54, 1.807) is 32.9 Å². The molecule has 0 saturated carbocycles. The summed E-state index contributed by atoms with van der Waals surface area (Å²) in [7, 11) is -3.14. The number of hydrogen-bond acceptors (Lipinski definition) is 4. The van der Waals surface area contributed by atoms with Crippen molar-refractivity contribution in [2.24, 2.45) is 0 Å². The lowest BCUT2D eigenvalue weighted by molar-refractivity contribution is -0.149. The van der Waals surface area contributed by atoms with Crippen molar-refractivity contribution < 1.29 is 18.6 Å². The Morgan fingerprint density at radius 1 is 1.30 bits per heavy atom. The number of carbonyl (C=O) groups excluding carboxylic acids is 1. The largest absolute Gasteiger partial charge is 0.462 e. The van der Waals surface area contributed by atoms with Gasteiger partial charge in [-0.25, -0.2) is 5.09 Å². The van der Waals surface area contributed by atoms with E-state index in [0.717, 1.165) is 5.56 Å². The molecule has 0 spiro atoms. The number of carbonyl (C=O) groups is 1. The molecule has 0 fully saturated rings. The predicted molar refractivity (Wildman–Crippen MR) is 79.2 cm³/mol. The summed E-state index contributed by atoms with van der Waals surface area (Å²) in [6.45, 7) is 8.48. The van der Waals surface area contributed by atoms with E-state index >= 15 is 0 Å². The minimum atomic E-state index is -3.14. The fourth-order valence-corrected chi connectivity index (χ4v) is 3.02. The fraction of sp³-hybridized carbons (Fsp3) is 0.500. The van der Waals surface area contributed by atoms with Crippen molar-refractivity contribution in [1.82, 2.24) is 5.09 Å². The molecule has 2 atom stereocenters. The van der Waals surface area contributed by atoms with E-state index in [2.05, 4.69) is 5.09 Å². The van der Waals surface area contributed by atoms with Crippen molar-refractivity contribution in [2.75, 3.05) is 6.66 Å². The molecule has 1 rings (SSSR count). The van der Waals surface area contributed by atoms with Crippen molar-refractivity contribution in [3.05, 3.63) is 29.8 Å². The van der Waals surface area contributed by atoms with Crippen molar-refractivity contribution in [2.45, 2.75) is 39.8 Å². The Kier molecular flexibility index (Phi) is 5.78. The third-order valence-corrected chi connectivity index (χ3v) is 3.82. The van der Waals surface area contributed by atoms with Crippen LogP contribution in [0, 0.1) is 6.92 Å². The maximum atomic E-state index is 12.4. The first-order valence-corrected chi connectivity index (χ1v) is 8.59. The number of benzene rings is 1. The van der Waals surface area contributed by atoms with Crippen molar-refractivity contribution >= 4 is 13.5 Å². The molecule has 0 heterocycles. The van der Waals surface area contributed by atoms with Crippen LogP contribution in [0.2, 0.25) is 0 Å². The Bertz CT molecular complexity index is 516. The maximum Gasteiger partial charge on any atom is 0.323 e. The van der Waals surface area contributed by atoms with E-state index in [9.17, 15) is 9.36 Å². The highest BCUT2D eigenvalue weighted by Gasteiger charge is 2.25. The highest BCUT2D eigenvalue weighted by Crippen LogP contribution is 2.39. The van der Waals surface area contributed by atoms with Gasteiger partial charge < -0.3 is 9.26 Å². The van der Waals surface area contributed by atoms with Gasteiger partial charge in [0.2, 0.25) is 0 Å². The second-order valence-corrected chi connectivity index (χ2v) is 7.22. The first-order chi connectivity index (χ1) is 9.19. The summed E-state index contributed by atoms with van der Waals surface area (Å²) in [4.78, 5) is 11.7. The topological polar surface area (TPSA) is 64.6 Å². The fourth-order valence-electron chi connectivity index (χ4n) is 1.64. The monoisotopic (exact) mass is 299 g/mol. The van der Waals surface area contributed by atoms with Crippen LogP contribution >= 0.6 is 7.52 Å². The lowest BCUT2D eigenvalue weighted by Crippen LogP contribution is -2.35. The van der Waals surface area contributed by atoms with E-state index in [4.69, 9.17) is 9.26 Å². The quantitative estimate of drug-likeness (QED) is 0.646. The molecule has 0 aliphatic carbocycles. The standard InChI is InChI=1S/C14H22NO4P/c1-10(2)18-14(16)12(4)15-20(5,17)19-13-8-6-7-11(3)9-13/h6-10,12H,1-5H3,(H,15,17)/t12-,20?/m0/s1. The van der Waals surface area contributed by atoms with E-state index in [-0.39, 0.29) is 6.10 Å². The molecule has 5 nitrogen and oxygen atoms in total. The van der Waals surface area contributed by atoms with Crippen molar-refractivity contribution in [3.8, 4) is 5.75 Å². The van der Waals surface area contributed by atoms with Gasteiger partial charge in [-0.05, 0) is 45.4 Å². The van der Waals surface area contributed by atoms with Crippen LogP contribution in [0.3, 0.4) is 0 Å². The lowest BCUT2D eigenvalue weighted by Gasteiger charge is -2.21. The molecule has 0 amide bonds. The number of hydrogen-bond donors (Lipinski definition) is 1. The summed E-state index contributed by atoms with van der Waals surface area (Å²) in [6.07, 6.45) is -0.208. The second kappa shape index (κ2) is 6.91. The molecule has 1 aromatic carbocycles. The summed E-state index contributed by atoms with van der Waals surface area (Å²) < 4.78 is 22.8. The molecular formula is C14H22NO4P. The van der Waals surface area contributed by atoms with Gasteiger partial charge in [-0.1, -0.05) is 12.1 Å². The van der Waals surface area contributed by atoms with Gasteiger partial charge in [0.15, 0.2) is 0 Å². The van der Waals surface area contributed by atoms with Crippen molar-refractivity contribution in [3.63, 3.8) is 0 Å². The van der Waals surface area contributed by atoms with Gasteiger partial charge in [0, 0.05) is 6.66 Å². The van der Waals surface area contributed by atoms with Crippen LogP contribution in [0.4, 0.5) is 0 Å². The predicted octanol–water partition coefficient (Wildman–Crippen LogP) is 3.13. The molecule has 0 aromatic heterocycles. The number of nitrogens with one attached hydrogen (secondary N) is 1. The number of aryl methyl sites for hydroxylation is 1. The molecule has 0 saturated heterocycles. The normalized spacial score (nSPS) is 15.5. The molecular weight excluding hydrogens is 277 g/mol. The molecule has 0 aliphatic rings. The summed E-state index contributed by atoms with van der Waals surface area (Å²) in [5, 5.41) is 2.69. The van der Waals surface area contributed by atoms with E-state index in [1.807, 2.05) is 19.1 Å². The van der Waals surface area contributed by atoms with Crippen LogP contribution in [-0.4, -0.2) is 24.8 Å². The van der Waals surface area contributed by atoms with Gasteiger partial charge in [-0.2, -0.15) is 0 Å².